The van der Waals surface area contributed by atoms with Gasteiger partial charge in [0.25, 0.3) is 0 Å². The highest BCUT2D eigenvalue weighted by Crippen LogP contribution is 2.26. The molecule has 0 saturated carbocycles. The zero-order valence-corrected chi connectivity index (χ0v) is 12.7. The normalized spacial score (nSPS) is 12.5. The summed E-state index contributed by atoms with van der Waals surface area (Å²) in [7, 11) is 0. The number of nitrogens with one attached hydrogen (secondary N) is 1. The third-order valence-electron chi connectivity index (χ3n) is 3.52. The maximum absolute atomic E-state index is 12.0. The Labute approximate surface area is 125 Å². The van der Waals surface area contributed by atoms with Crippen molar-refractivity contribution in [1.29, 1.82) is 0 Å². The van der Waals surface area contributed by atoms with Crippen LogP contribution in [0.4, 0.5) is 5.69 Å². The number of amides is 1. The summed E-state index contributed by atoms with van der Waals surface area (Å²) in [4.78, 5) is 12.0. The Morgan fingerprint density at radius 1 is 1.29 bits per heavy atom. The highest BCUT2D eigenvalue weighted by Gasteiger charge is 2.09. The van der Waals surface area contributed by atoms with Crippen molar-refractivity contribution in [2.24, 2.45) is 0 Å². The van der Waals surface area contributed by atoms with Crippen molar-refractivity contribution >= 4 is 17.7 Å². The molecule has 1 aromatic heterocycles. The van der Waals surface area contributed by atoms with Crippen LogP contribution in [0.25, 0.3) is 6.08 Å². The van der Waals surface area contributed by atoms with E-state index in [1.807, 2.05) is 37.3 Å². The largest absolute Gasteiger partial charge is 0.462 e. The maximum Gasteiger partial charge on any atom is 0.248 e. The van der Waals surface area contributed by atoms with Crippen molar-refractivity contribution in [1.82, 2.24) is 0 Å². The first-order chi connectivity index (χ1) is 10.1. The zero-order valence-electron chi connectivity index (χ0n) is 12.7. The Morgan fingerprint density at radius 2 is 2.05 bits per heavy atom. The van der Waals surface area contributed by atoms with Gasteiger partial charge in [-0.3, -0.25) is 4.79 Å². The van der Waals surface area contributed by atoms with Crippen LogP contribution in [0.3, 0.4) is 0 Å². The molecule has 0 bridgehead atoms. The van der Waals surface area contributed by atoms with Crippen molar-refractivity contribution in [2.45, 2.75) is 33.1 Å². The molecule has 0 aliphatic carbocycles. The second-order valence-corrected chi connectivity index (χ2v) is 5.17. The van der Waals surface area contributed by atoms with Gasteiger partial charge in [0.05, 0.1) is 0 Å². The first-order valence-corrected chi connectivity index (χ1v) is 7.24. The van der Waals surface area contributed by atoms with Crippen LogP contribution in [0.15, 0.2) is 46.9 Å². The molecule has 1 amide bonds. The molecule has 1 aromatic carbocycles. The molecule has 0 fully saturated rings. The third-order valence-corrected chi connectivity index (χ3v) is 3.52. The van der Waals surface area contributed by atoms with Crippen LogP contribution in [0.5, 0.6) is 0 Å². The minimum atomic E-state index is -0.153. The lowest BCUT2D eigenvalue weighted by atomic mass is 9.97. The first kappa shape index (κ1) is 15.1. The van der Waals surface area contributed by atoms with Crippen LogP contribution in [0.1, 0.15) is 43.3 Å². The Kier molecular flexibility index (Phi) is 4.99. The van der Waals surface area contributed by atoms with E-state index in [1.54, 1.807) is 6.08 Å². The molecule has 0 aliphatic rings. The monoisotopic (exact) mass is 283 g/mol. The summed E-state index contributed by atoms with van der Waals surface area (Å²) in [6.45, 7) is 6.18. The minimum absolute atomic E-state index is 0.153. The van der Waals surface area contributed by atoms with Crippen molar-refractivity contribution in [3.05, 3.63) is 59.6 Å². The molecule has 1 unspecified atom stereocenters. The van der Waals surface area contributed by atoms with Crippen LogP contribution in [-0.2, 0) is 4.79 Å². The predicted molar refractivity (Wildman–Crippen MR) is 86.3 cm³/mol. The highest BCUT2D eigenvalue weighted by molar-refractivity contribution is 6.02. The average molecular weight is 283 g/mol. The van der Waals surface area contributed by atoms with E-state index in [0.29, 0.717) is 11.7 Å². The van der Waals surface area contributed by atoms with Crippen molar-refractivity contribution in [2.75, 3.05) is 5.32 Å². The molecular formula is C18H21NO2. The molecule has 0 spiro atoms. The average Bonchev–Trinajstić information content (AvgIpc) is 2.90. The summed E-state index contributed by atoms with van der Waals surface area (Å²) in [5, 5.41) is 2.94. The second-order valence-electron chi connectivity index (χ2n) is 5.17. The second kappa shape index (κ2) is 6.93. The minimum Gasteiger partial charge on any atom is -0.462 e. The summed E-state index contributed by atoms with van der Waals surface area (Å²) in [6, 6.07) is 11.6. The van der Waals surface area contributed by atoms with E-state index in [2.05, 4.69) is 25.2 Å². The molecule has 0 aliphatic heterocycles. The molecule has 1 atom stereocenters. The molecule has 110 valence electrons. The molecular weight excluding hydrogens is 262 g/mol. The Morgan fingerprint density at radius 3 is 2.71 bits per heavy atom. The van der Waals surface area contributed by atoms with Gasteiger partial charge < -0.3 is 9.73 Å². The molecule has 21 heavy (non-hydrogen) atoms. The fourth-order valence-corrected chi connectivity index (χ4v) is 2.14. The topological polar surface area (TPSA) is 42.2 Å². The van der Waals surface area contributed by atoms with Crippen molar-refractivity contribution < 1.29 is 9.21 Å². The fraction of sp³-hybridized carbons (Fsp3) is 0.278. The quantitative estimate of drug-likeness (QED) is 0.804. The van der Waals surface area contributed by atoms with E-state index in [4.69, 9.17) is 4.42 Å². The zero-order chi connectivity index (χ0) is 15.2. The number of carbonyl (C=O) groups is 1. The van der Waals surface area contributed by atoms with Gasteiger partial charge in [-0.25, -0.2) is 0 Å². The summed E-state index contributed by atoms with van der Waals surface area (Å²) in [5.74, 6) is 1.77. The Bertz CT molecular complexity index is 640. The smallest absolute Gasteiger partial charge is 0.248 e. The van der Waals surface area contributed by atoms with Gasteiger partial charge in [0, 0.05) is 11.8 Å². The van der Waals surface area contributed by atoms with Crippen molar-refractivity contribution in [3.63, 3.8) is 0 Å². The number of aryl methyl sites for hydroxylation is 1. The number of rotatable bonds is 5. The lowest BCUT2D eigenvalue weighted by Gasteiger charge is -2.14. The summed E-state index contributed by atoms with van der Waals surface area (Å²) in [5.41, 5.74) is 2.03. The van der Waals surface area contributed by atoms with E-state index in [1.165, 1.54) is 6.08 Å². The van der Waals surface area contributed by atoms with Crippen LogP contribution in [-0.4, -0.2) is 5.91 Å². The molecule has 2 rings (SSSR count). The lowest BCUT2D eigenvalue weighted by molar-refractivity contribution is -0.111. The van der Waals surface area contributed by atoms with E-state index < -0.39 is 0 Å². The third kappa shape index (κ3) is 4.09. The molecule has 3 nitrogen and oxygen atoms in total. The van der Waals surface area contributed by atoms with E-state index in [-0.39, 0.29) is 5.91 Å². The van der Waals surface area contributed by atoms with Crippen LogP contribution >= 0.6 is 0 Å². The van der Waals surface area contributed by atoms with Crippen LogP contribution < -0.4 is 5.32 Å². The number of anilines is 1. The maximum atomic E-state index is 12.0. The molecule has 1 heterocycles. The number of hydrogen-bond donors (Lipinski definition) is 1. The van der Waals surface area contributed by atoms with Gasteiger partial charge in [-0.2, -0.15) is 0 Å². The summed E-state index contributed by atoms with van der Waals surface area (Å²) >= 11 is 0. The van der Waals surface area contributed by atoms with Gasteiger partial charge >= 0.3 is 0 Å². The SMILES string of the molecule is CCC(C)c1ccccc1NC(=O)C=Cc1ccc(C)o1. The molecule has 0 radical (unpaired) electrons. The number of para-hydroxylation sites is 1. The molecule has 3 heteroatoms. The number of hydrogen-bond acceptors (Lipinski definition) is 2. The molecule has 2 aromatic rings. The lowest BCUT2D eigenvalue weighted by Crippen LogP contribution is -2.10. The number of furan rings is 1. The predicted octanol–water partition coefficient (Wildman–Crippen LogP) is 4.75. The number of benzene rings is 1. The summed E-state index contributed by atoms with van der Waals surface area (Å²) < 4.78 is 5.40. The van der Waals surface area contributed by atoms with Gasteiger partial charge in [-0.15, -0.1) is 0 Å². The van der Waals surface area contributed by atoms with Gasteiger partial charge in [0.2, 0.25) is 5.91 Å². The van der Waals surface area contributed by atoms with E-state index in [0.717, 1.165) is 23.4 Å². The summed E-state index contributed by atoms with van der Waals surface area (Å²) in [6.07, 6.45) is 4.20. The fourth-order valence-electron chi connectivity index (χ4n) is 2.14. The molecule has 1 N–H and O–H groups in total. The van der Waals surface area contributed by atoms with E-state index in [9.17, 15) is 4.79 Å². The standard InChI is InChI=1S/C18H21NO2/c1-4-13(2)16-7-5-6-8-17(16)19-18(20)12-11-15-10-9-14(3)21-15/h5-13H,4H2,1-3H3,(H,19,20). The Balaban J connectivity index is 2.08. The van der Waals surface area contributed by atoms with Crippen LogP contribution in [0, 0.1) is 6.92 Å². The van der Waals surface area contributed by atoms with Gasteiger partial charge in [0.1, 0.15) is 11.5 Å². The van der Waals surface area contributed by atoms with Crippen LogP contribution in [0.2, 0.25) is 0 Å². The van der Waals surface area contributed by atoms with Gasteiger partial charge in [-0.1, -0.05) is 32.0 Å². The number of carbonyl (C=O) groups excluding carboxylic acids is 1. The van der Waals surface area contributed by atoms with E-state index >= 15 is 0 Å². The Hall–Kier alpha value is -2.29. The van der Waals surface area contributed by atoms with Crippen molar-refractivity contribution in [3.8, 4) is 0 Å². The van der Waals surface area contributed by atoms with Gasteiger partial charge in [-0.05, 0) is 49.1 Å². The molecule has 0 saturated heterocycles. The van der Waals surface area contributed by atoms with Gasteiger partial charge in [0.15, 0.2) is 0 Å². The first-order valence-electron chi connectivity index (χ1n) is 7.24. The highest BCUT2D eigenvalue weighted by atomic mass is 16.3.